The van der Waals surface area contributed by atoms with Crippen LogP contribution in [0.4, 0.5) is 13.2 Å². The van der Waals surface area contributed by atoms with Gasteiger partial charge in [0.05, 0.1) is 0 Å². The average molecular weight is 348 g/mol. The van der Waals surface area contributed by atoms with Crippen molar-refractivity contribution in [2.75, 3.05) is 19.8 Å². The van der Waals surface area contributed by atoms with Gasteiger partial charge < -0.3 is 9.64 Å². The Bertz CT molecular complexity index is 569. The Labute approximate surface area is 137 Å². The lowest BCUT2D eigenvalue weighted by atomic mass is 10.1. The quantitative estimate of drug-likeness (QED) is 0.772. The lowest BCUT2D eigenvalue weighted by Crippen LogP contribution is -2.47. The maximum Gasteiger partial charge on any atom is 0.406 e. The van der Waals surface area contributed by atoms with Crippen LogP contribution in [0, 0.1) is 0 Å². The first-order chi connectivity index (χ1) is 10.9. The predicted octanol–water partition coefficient (Wildman–Crippen LogP) is 3.92. The molecule has 1 saturated heterocycles. The summed E-state index contributed by atoms with van der Waals surface area (Å²) in [5.74, 6) is -0.672. The Morgan fingerprint density at radius 3 is 2.57 bits per heavy atom. The fourth-order valence-corrected chi connectivity index (χ4v) is 2.64. The summed E-state index contributed by atoms with van der Waals surface area (Å²) in [7, 11) is 0. The van der Waals surface area contributed by atoms with Crippen molar-refractivity contribution < 1.29 is 22.7 Å². The van der Waals surface area contributed by atoms with Gasteiger partial charge >= 0.3 is 6.18 Å². The van der Waals surface area contributed by atoms with Crippen LogP contribution in [-0.2, 0) is 9.53 Å². The minimum Gasteiger partial charge on any atom is -0.381 e. The third-order valence-electron chi connectivity index (χ3n) is 3.57. The summed E-state index contributed by atoms with van der Waals surface area (Å²) in [4.78, 5) is 13.1. The molecule has 7 heteroatoms. The van der Waals surface area contributed by atoms with Crippen molar-refractivity contribution in [1.29, 1.82) is 0 Å². The van der Waals surface area contributed by atoms with Crippen molar-refractivity contribution in [3.63, 3.8) is 0 Å². The molecule has 1 fully saturated rings. The molecule has 1 aromatic rings. The highest BCUT2D eigenvalue weighted by Crippen LogP contribution is 2.23. The van der Waals surface area contributed by atoms with E-state index >= 15 is 0 Å². The van der Waals surface area contributed by atoms with E-state index in [0.29, 0.717) is 36.6 Å². The maximum atomic E-state index is 12.8. The van der Waals surface area contributed by atoms with Crippen LogP contribution in [0.5, 0.6) is 0 Å². The summed E-state index contributed by atoms with van der Waals surface area (Å²) < 4.78 is 43.5. The van der Waals surface area contributed by atoms with Gasteiger partial charge in [0.15, 0.2) is 0 Å². The molecule has 0 unspecified atom stereocenters. The van der Waals surface area contributed by atoms with Gasteiger partial charge in [-0.15, -0.1) is 0 Å². The summed E-state index contributed by atoms with van der Waals surface area (Å²) >= 11 is 5.97. The average Bonchev–Trinajstić information content (AvgIpc) is 2.51. The van der Waals surface area contributed by atoms with E-state index in [-0.39, 0.29) is 0 Å². The highest BCUT2D eigenvalue weighted by Gasteiger charge is 2.36. The van der Waals surface area contributed by atoms with Crippen LogP contribution in [0.25, 0.3) is 6.08 Å². The normalized spacial score (nSPS) is 16.7. The molecule has 1 aliphatic heterocycles. The number of hydrogen-bond acceptors (Lipinski definition) is 2. The number of hydrogen-bond donors (Lipinski definition) is 0. The summed E-state index contributed by atoms with van der Waals surface area (Å²) in [6.45, 7) is -0.537. The largest absolute Gasteiger partial charge is 0.406 e. The number of rotatable bonds is 4. The Balaban J connectivity index is 2.13. The molecule has 2 rings (SSSR count). The van der Waals surface area contributed by atoms with E-state index in [1.807, 2.05) is 0 Å². The Morgan fingerprint density at radius 2 is 1.96 bits per heavy atom. The number of ether oxygens (including phenoxy) is 1. The molecule has 0 atom stereocenters. The number of carbonyl (C=O) groups is 1. The van der Waals surface area contributed by atoms with Crippen LogP contribution in [0.1, 0.15) is 18.4 Å². The van der Waals surface area contributed by atoms with Gasteiger partial charge in [-0.1, -0.05) is 29.8 Å². The van der Waals surface area contributed by atoms with Crippen LogP contribution < -0.4 is 0 Å². The van der Waals surface area contributed by atoms with Gasteiger partial charge in [-0.3, -0.25) is 4.79 Å². The molecule has 0 aromatic heterocycles. The van der Waals surface area contributed by atoms with Gasteiger partial charge in [-0.2, -0.15) is 13.2 Å². The molecule has 0 aliphatic carbocycles. The number of alkyl halides is 3. The summed E-state index contributed by atoms with van der Waals surface area (Å²) in [5, 5.41) is 0.435. The molecular weight excluding hydrogens is 331 g/mol. The summed E-state index contributed by atoms with van der Waals surface area (Å²) in [6.07, 6.45) is -1.05. The van der Waals surface area contributed by atoms with E-state index in [9.17, 15) is 18.0 Å². The molecule has 126 valence electrons. The van der Waals surface area contributed by atoms with E-state index < -0.39 is 24.7 Å². The Hall–Kier alpha value is -1.53. The SMILES string of the molecule is O=C(/C=C/c1ccccc1Cl)N(CC(F)(F)F)C1CCOCC1. The lowest BCUT2D eigenvalue weighted by Gasteiger charge is -2.34. The van der Waals surface area contributed by atoms with E-state index in [1.165, 1.54) is 6.08 Å². The fourth-order valence-electron chi connectivity index (χ4n) is 2.44. The molecule has 0 saturated carbocycles. The second-order valence-corrected chi connectivity index (χ2v) is 5.69. The summed E-state index contributed by atoms with van der Waals surface area (Å²) in [6, 6.07) is 6.35. The number of halogens is 4. The second-order valence-electron chi connectivity index (χ2n) is 5.28. The molecule has 0 N–H and O–H groups in total. The van der Waals surface area contributed by atoms with Crippen molar-refractivity contribution in [3.8, 4) is 0 Å². The van der Waals surface area contributed by atoms with Crippen molar-refractivity contribution in [3.05, 3.63) is 40.9 Å². The number of benzene rings is 1. The first-order valence-corrected chi connectivity index (χ1v) is 7.62. The van der Waals surface area contributed by atoms with Crippen LogP contribution in [0.15, 0.2) is 30.3 Å². The standard InChI is InChI=1S/C16H17ClF3NO2/c17-14-4-2-1-3-12(14)5-6-15(22)21(11-16(18,19)20)13-7-9-23-10-8-13/h1-6,13H,7-11H2/b6-5+. The van der Waals surface area contributed by atoms with Gasteiger partial charge in [0.1, 0.15) is 6.54 Å². The lowest BCUT2D eigenvalue weighted by molar-refractivity contribution is -0.165. The van der Waals surface area contributed by atoms with Crippen molar-refractivity contribution in [2.24, 2.45) is 0 Å². The zero-order valence-corrected chi connectivity index (χ0v) is 13.1. The maximum absolute atomic E-state index is 12.8. The van der Waals surface area contributed by atoms with Crippen LogP contribution in [0.3, 0.4) is 0 Å². The van der Waals surface area contributed by atoms with Gasteiger partial charge in [0.25, 0.3) is 0 Å². The Morgan fingerprint density at radius 1 is 1.30 bits per heavy atom. The number of amides is 1. The molecule has 1 heterocycles. The van der Waals surface area contributed by atoms with Crippen molar-refractivity contribution >= 4 is 23.6 Å². The van der Waals surface area contributed by atoms with Crippen LogP contribution in [-0.4, -0.2) is 42.8 Å². The zero-order chi connectivity index (χ0) is 16.9. The highest BCUT2D eigenvalue weighted by molar-refractivity contribution is 6.32. The first kappa shape index (κ1) is 17.8. The molecule has 0 spiro atoms. The molecule has 0 radical (unpaired) electrons. The van der Waals surface area contributed by atoms with E-state index in [4.69, 9.17) is 16.3 Å². The topological polar surface area (TPSA) is 29.5 Å². The van der Waals surface area contributed by atoms with Crippen LogP contribution in [0.2, 0.25) is 5.02 Å². The second kappa shape index (κ2) is 7.84. The highest BCUT2D eigenvalue weighted by atomic mass is 35.5. The van der Waals surface area contributed by atoms with Gasteiger partial charge in [0, 0.05) is 30.4 Å². The van der Waals surface area contributed by atoms with E-state index in [0.717, 1.165) is 11.0 Å². The molecule has 0 bridgehead atoms. The Kier molecular flexibility index (Phi) is 6.07. The molecule has 1 aliphatic rings. The van der Waals surface area contributed by atoms with Crippen molar-refractivity contribution in [2.45, 2.75) is 25.1 Å². The third kappa shape index (κ3) is 5.55. The van der Waals surface area contributed by atoms with E-state index in [1.54, 1.807) is 24.3 Å². The molecule has 1 aromatic carbocycles. The first-order valence-electron chi connectivity index (χ1n) is 7.24. The minimum absolute atomic E-state index is 0.362. The molecular formula is C16H17ClF3NO2. The van der Waals surface area contributed by atoms with Gasteiger partial charge in [-0.25, -0.2) is 0 Å². The fraction of sp³-hybridized carbons (Fsp3) is 0.438. The van der Waals surface area contributed by atoms with E-state index in [2.05, 4.69) is 0 Å². The van der Waals surface area contributed by atoms with Crippen molar-refractivity contribution in [1.82, 2.24) is 4.90 Å². The molecule has 23 heavy (non-hydrogen) atoms. The smallest absolute Gasteiger partial charge is 0.381 e. The predicted molar refractivity (Wildman–Crippen MR) is 82.1 cm³/mol. The minimum atomic E-state index is -4.44. The van der Waals surface area contributed by atoms with Gasteiger partial charge in [-0.05, 0) is 30.5 Å². The van der Waals surface area contributed by atoms with Gasteiger partial charge in [0.2, 0.25) is 5.91 Å². The number of carbonyl (C=O) groups excluding carboxylic acids is 1. The van der Waals surface area contributed by atoms with Crippen LogP contribution >= 0.6 is 11.6 Å². The monoisotopic (exact) mass is 347 g/mol. The third-order valence-corrected chi connectivity index (χ3v) is 3.92. The molecule has 1 amide bonds. The number of nitrogens with zero attached hydrogens (tertiary/aromatic N) is 1. The summed E-state index contributed by atoms with van der Waals surface area (Å²) in [5.41, 5.74) is 0.585. The zero-order valence-electron chi connectivity index (χ0n) is 12.4. The molecule has 3 nitrogen and oxygen atoms in total.